The van der Waals surface area contributed by atoms with E-state index < -0.39 is 0 Å². The smallest absolute Gasteiger partial charge is 0.311 e. The summed E-state index contributed by atoms with van der Waals surface area (Å²) < 4.78 is 10.5. The molecule has 0 bridgehead atoms. The fourth-order valence-electron chi connectivity index (χ4n) is 1.79. The zero-order chi connectivity index (χ0) is 14.1. The second-order valence-electron chi connectivity index (χ2n) is 4.47. The summed E-state index contributed by atoms with van der Waals surface area (Å²) >= 11 is 0. The minimum Gasteiger partial charge on any atom is -0.493 e. The molecule has 1 aromatic rings. The van der Waals surface area contributed by atoms with E-state index in [1.54, 1.807) is 19.2 Å². The van der Waals surface area contributed by atoms with Gasteiger partial charge in [0.05, 0.1) is 7.11 Å². The second kappa shape index (κ2) is 8.53. The number of hydrogen-bond donors (Lipinski definition) is 1. The molecule has 0 atom stereocenters. The molecule has 0 saturated heterocycles. The number of methoxy groups -OCH3 is 1. The zero-order valence-electron chi connectivity index (χ0n) is 11.8. The van der Waals surface area contributed by atoms with Gasteiger partial charge in [0.15, 0.2) is 11.5 Å². The van der Waals surface area contributed by atoms with Gasteiger partial charge in [-0.25, -0.2) is 0 Å². The number of nitrogens with two attached hydrogens (primary N) is 1. The molecule has 0 fully saturated rings. The lowest BCUT2D eigenvalue weighted by Crippen LogP contribution is -2.09. The van der Waals surface area contributed by atoms with Gasteiger partial charge >= 0.3 is 5.97 Å². The summed E-state index contributed by atoms with van der Waals surface area (Å²) in [5.74, 6) is 0.792. The maximum atomic E-state index is 11.7. The molecule has 0 heterocycles. The van der Waals surface area contributed by atoms with Crippen molar-refractivity contribution in [3.8, 4) is 11.5 Å². The fraction of sp³-hybridized carbons (Fsp3) is 0.533. The molecule has 106 valence electrons. The van der Waals surface area contributed by atoms with E-state index in [4.69, 9.17) is 15.2 Å². The minimum atomic E-state index is -0.213. The van der Waals surface area contributed by atoms with Crippen LogP contribution < -0.4 is 15.2 Å². The Morgan fingerprint density at radius 2 is 2.00 bits per heavy atom. The highest BCUT2D eigenvalue weighted by Gasteiger charge is 2.10. The molecular formula is C15H23NO3. The Morgan fingerprint density at radius 3 is 2.63 bits per heavy atom. The first-order valence-corrected chi connectivity index (χ1v) is 6.79. The van der Waals surface area contributed by atoms with E-state index in [0.29, 0.717) is 24.5 Å². The number of rotatable bonds is 8. The highest BCUT2D eigenvalue weighted by molar-refractivity contribution is 5.73. The van der Waals surface area contributed by atoms with E-state index >= 15 is 0 Å². The molecule has 0 aromatic heterocycles. The van der Waals surface area contributed by atoms with Crippen LogP contribution in [0.2, 0.25) is 0 Å². The van der Waals surface area contributed by atoms with E-state index in [1.165, 1.54) is 0 Å². The first-order valence-electron chi connectivity index (χ1n) is 6.79. The first-order chi connectivity index (χ1) is 9.21. The van der Waals surface area contributed by atoms with Crippen molar-refractivity contribution in [1.82, 2.24) is 0 Å². The van der Waals surface area contributed by atoms with Gasteiger partial charge in [-0.1, -0.05) is 32.3 Å². The maximum absolute atomic E-state index is 11.7. The molecule has 0 aliphatic heterocycles. The minimum absolute atomic E-state index is 0.213. The van der Waals surface area contributed by atoms with Gasteiger partial charge in [-0.3, -0.25) is 4.79 Å². The van der Waals surface area contributed by atoms with Crippen molar-refractivity contribution in [3.05, 3.63) is 23.8 Å². The number of esters is 1. The summed E-state index contributed by atoms with van der Waals surface area (Å²) in [4.78, 5) is 11.7. The maximum Gasteiger partial charge on any atom is 0.311 e. The van der Waals surface area contributed by atoms with Crippen LogP contribution >= 0.6 is 0 Å². The topological polar surface area (TPSA) is 61.5 Å². The molecule has 0 aliphatic carbocycles. The third kappa shape index (κ3) is 5.30. The fourth-order valence-corrected chi connectivity index (χ4v) is 1.79. The Labute approximate surface area is 114 Å². The van der Waals surface area contributed by atoms with Crippen LogP contribution in [-0.2, 0) is 11.3 Å². The van der Waals surface area contributed by atoms with Crippen LogP contribution in [0, 0.1) is 0 Å². The summed E-state index contributed by atoms with van der Waals surface area (Å²) in [6.45, 7) is 2.57. The standard InChI is InChI=1S/C15H23NO3/c1-3-4-5-6-7-15(17)19-13-9-8-12(11-16)10-14(13)18-2/h8-10H,3-7,11,16H2,1-2H3. The van der Waals surface area contributed by atoms with E-state index in [2.05, 4.69) is 6.92 Å². The zero-order valence-corrected chi connectivity index (χ0v) is 11.8. The van der Waals surface area contributed by atoms with Crippen LogP contribution in [0.4, 0.5) is 0 Å². The van der Waals surface area contributed by atoms with E-state index in [9.17, 15) is 4.79 Å². The quantitative estimate of drug-likeness (QED) is 0.446. The van der Waals surface area contributed by atoms with Crippen LogP contribution in [0.5, 0.6) is 11.5 Å². The molecule has 0 amide bonds. The van der Waals surface area contributed by atoms with Gasteiger partial charge in [0.25, 0.3) is 0 Å². The second-order valence-corrected chi connectivity index (χ2v) is 4.47. The monoisotopic (exact) mass is 265 g/mol. The van der Waals surface area contributed by atoms with Gasteiger partial charge in [-0.05, 0) is 24.1 Å². The summed E-state index contributed by atoms with van der Waals surface area (Å²) in [6, 6.07) is 5.35. The highest BCUT2D eigenvalue weighted by atomic mass is 16.6. The van der Waals surface area contributed by atoms with Gasteiger partial charge in [0, 0.05) is 13.0 Å². The Hall–Kier alpha value is -1.55. The number of hydrogen-bond acceptors (Lipinski definition) is 4. The van der Waals surface area contributed by atoms with Crippen molar-refractivity contribution in [1.29, 1.82) is 0 Å². The number of benzene rings is 1. The summed E-state index contributed by atoms with van der Waals surface area (Å²) in [6.07, 6.45) is 4.69. The van der Waals surface area contributed by atoms with Crippen LogP contribution in [0.1, 0.15) is 44.6 Å². The molecule has 0 aliphatic rings. The van der Waals surface area contributed by atoms with Crippen molar-refractivity contribution < 1.29 is 14.3 Å². The molecule has 0 saturated carbocycles. The first kappa shape index (κ1) is 15.5. The molecule has 0 spiro atoms. The highest BCUT2D eigenvalue weighted by Crippen LogP contribution is 2.28. The van der Waals surface area contributed by atoms with E-state index in [1.807, 2.05) is 6.07 Å². The molecule has 2 N–H and O–H groups in total. The lowest BCUT2D eigenvalue weighted by molar-refractivity contribution is -0.134. The van der Waals surface area contributed by atoms with Gasteiger partial charge in [-0.15, -0.1) is 0 Å². The van der Waals surface area contributed by atoms with E-state index in [-0.39, 0.29) is 5.97 Å². The Morgan fingerprint density at radius 1 is 1.21 bits per heavy atom. The summed E-state index contributed by atoms with van der Waals surface area (Å²) in [5.41, 5.74) is 6.50. The molecule has 1 aromatic carbocycles. The number of carbonyl (C=O) groups is 1. The van der Waals surface area contributed by atoms with Crippen molar-refractivity contribution in [2.24, 2.45) is 5.73 Å². The predicted octanol–water partition coefficient (Wildman–Crippen LogP) is 3.03. The lowest BCUT2D eigenvalue weighted by Gasteiger charge is -2.10. The van der Waals surface area contributed by atoms with Crippen LogP contribution in [0.3, 0.4) is 0 Å². The molecule has 0 radical (unpaired) electrons. The molecule has 0 unspecified atom stereocenters. The van der Waals surface area contributed by atoms with Crippen LogP contribution in [0.15, 0.2) is 18.2 Å². The predicted molar refractivity (Wildman–Crippen MR) is 75.3 cm³/mol. The van der Waals surface area contributed by atoms with Gasteiger partial charge < -0.3 is 15.2 Å². The van der Waals surface area contributed by atoms with Gasteiger partial charge in [-0.2, -0.15) is 0 Å². The Balaban J connectivity index is 2.53. The van der Waals surface area contributed by atoms with Gasteiger partial charge in [0.1, 0.15) is 0 Å². The molecule has 4 nitrogen and oxygen atoms in total. The third-order valence-corrected chi connectivity index (χ3v) is 2.92. The number of unbranched alkanes of at least 4 members (excludes halogenated alkanes) is 3. The lowest BCUT2D eigenvalue weighted by atomic mass is 10.1. The average Bonchev–Trinajstić information content (AvgIpc) is 2.44. The van der Waals surface area contributed by atoms with Gasteiger partial charge in [0.2, 0.25) is 0 Å². The summed E-state index contributed by atoms with van der Waals surface area (Å²) in [7, 11) is 1.55. The number of carbonyl (C=O) groups excluding carboxylic acids is 1. The van der Waals surface area contributed by atoms with Crippen LogP contribution in [-0.4, -0.2) is 13.1 Å². The van der Waals surface area contributed by atoms with Crippen molar-refractivity contribution in [2.45, 2.75) is 45.6 Å². The normalized spacial score (nSPS) is 10.3. The van der Waals surface area contributed by atoms with Crippen molar-refractivity contribution in [3.63, 3.8) is 0 Å². The molecule has 1 rings (SSSR count). The SMILES string of the molecule is CCCCCCC(=O)Oc1ccc(CN)cc1OC. The van der Waals surface area contributed by atoms with Crippen molar-refractivity contribution in [2.75, 3.05) is 7.11 Å². The molecule has 4 heteroatoms. The Kier molecular flexibility index (Phi) is 6.97. The van der Waals surface area contributed by atoms with E-state index in [0.717, 1.165) is 31.2 Å². The largest absolute Gasteiger partial charge is 0.493 e. The third-order valence-electron chi connectivity index (χ3n) is 2.92. The molecule has 19 heavy (non-hydrogen) atoms. The average molecular weight is 265 g/mol. The van der Waals surface area contributed by atoms with Crippen LogP contribution in [0.25, 0.3) is 0 Å². The van der Waals surface area contributed by atoms with Crippen molar-refractivity contribution >= 4 is 5.97 Å². The summed E-state index contributed by atoms with van der Waals surface area (Å²) in [5, 5.41) is 0. The Bertz CT molecular complexity index is 404. The molecular weight excluding hydrogens is 242 g/mol. The number of ether oxygens (including phenoxy) is 2.